The molecule has 5 rings (SSSR count). The number of hydrogen-bond donors (Lipinski definition) is 1. The number of hydrogen-bond acceptors (Lipinski definition) is 3. The molecule has 1 N–H and O–H groups in total. The predicted molar refractivity (Wildman–Crippen MR) is 109 cm³/mol. The molecule has 1 aliphatic heterocycles. The van der Waals surface area contributed by atoms with Crippen LogP contribution in [0.25, 0.3) is 28.2 Å². The number of aromatic amines is 1. The molecular formula is C24H16NO3. The van der Waals surface area contributed by atoms with Crippen LogP contribution in [0.4, 0.5) is 0 Å². The van der Waals surface area contributed by atoms with Crippen LogP contribution >= 0.6 is 0 Å². The van der Waals surface area contributed by atoms with Crippen LogP contribution in [0.5, 0.6) is 11.5 Å². The zero-order valence-corrected chi connectivity index (χ0v) is 15.2. The summed E-state index contributed by atoms with van der Waals surface area (Å²) in [5.41, 5.74) is 4.36. The molecule has 3 aromatic carbocycles. The largest absolute Gasteiger partial charge is 0.497 e. The fourth-order valence-electron chi connectivity index (χ4n) is 3.51. The Balaban J connectivity index is 1.73. The molecular weight excluding hydrogens is 350 g/mol. The Morgan fingerprint density at radius 3 is 2.75 bits per heavy atom. The van der Waals surface area contributed by atoms with Crippen molar-refractivity contribution < 1.29 is 14.3 Å². The Morgan fingerprint density at radius 1 is 1.11 bits per heavy atom. The number of fused-ring (bicyclic) bond motifs is 2. The van der Waals surface area contributed by atoms with Crippen LogP contribution in [-0.2, 0) is 0 Å². The van der Waals surface area contributed by atoms with Gasteiger partial charge in [-0.25, -0.2) is 0 Å². The topological polar surface area (TPSA) is 51.3 Å². The number of aromatic nitrogens is 1. The highest BCUT2D eigenvalue weighted by Crippen LogP contribution is 2.37. The summed E-state index contributed by atoms with van der Waals surface area (Å²) in [6, 6.07) is 23.9. The van der Waals surface area contributed by atoms with E-state index in [2.05, 4.69) is 11.1 Å². The van der Waals surface area contributed by atoms with Crippen molar-refractivity contribution >= 4 is 22.8 Å². The molecule has 0 aliphatic carbocycles. The number of ether oxygens (including phenoxy) is 2. The van der Waals surface area contributed by atoms with Gasteiger partial charge in [-0.1, -0.05) is 36.4 Å². The maximum Gasteiger partial charge on any atom is 0.231 e. The van der Waals surface area contributed by atoms with E-state index in [1.165, 1.54) is 0 Å². The second-order valence-electron chi connectivity index (χ2n) is 6.55. The van der Waals surface area contributed by atoms with Crippen molar-refractivity contribution in [1.82, 2.24) is 4.98 Å². The maximum absolute atomic E-state index is 12.8. The van der Waals surface area contributed by atoms with Gasteiger partial charge in [0.1, 0.15) is 11.5 Å². The fraction of sp³-hybridized carbons (Fsp3) is 0.0417. The first-order valence-corrected chi connectivity index (χ1v) is 8.94. The van der Waals surface area contributed by atoms with Crippen molar-refractivity contribution in [2.24, 2.45) is 0 Å². The summed E-state index contributed by atoms with van der Waals surface area (Å²) in [6.45, 7) is 0. The minimum atomic E-state index is -0.125. The van der Waals surface area contributed by atoms with Gasteiger partial charge in [0.05, 0.1) is 18.4 Å². The zero-order valence-electron chi connectivity index (χ0n) is 15.2. The van der Waals surface area contributed by atoms with E-state index < -0.39 is 0 Å². The van der Waals surface area contributed by atoms with Gasteiger partial charge < -0.3 is 14.5 Å². The molecule has 0 bridgehead atoms. The summed E-state index contributed by atoms with van der Waals surface area (Å²) in [5, 5.41) is 0.963. The van der Waals surface area contributed by atoms with E-state index in [1.807, 2.05) is 54.6 Å². The summed E-state index contributed by atoms with van der Waals surface area (Å²) >= 11 is 0. The first-order chi connectivity index (χ1) is 13.7. The molecule has 0 atom stereocenters. The highest BCUT2D eigenvalue weighted by molar-refractivity contribution is 6.15. The summed E-state index contributed by atoms with van der Waals surface area (Å²) in [7, 11) is 1.64. The van der Waals surface area contributed by atoms with E-state index >= 15 is 0 Å². The smallest absolute Gasteiger partial charge is 0.231 e. The number of H-pyrrole nitrogens is 1. The number of benzene rings is 3. The Kier molecular flexibility index (Phi) is 3.76. The summed E-state index contributed by atoms with van der Waals surface area (Å²) in [5.74, 6) is 1.47. The lowest BCUT2D eigenvalue weighted by Crippen LogP contribution is -1.98. The molecule has 0 spiro atoms. The van der Waals surface area contributed by atoms with Crippen molar-refractivity contribution in [2.75, 3.05) is 7.11 Å². The number of carbonyl (C=O) groups is 1. The number of nitrogens with one attached hydrogen (secondary N) is 1. The van der Waals surface area contributed by atoms with Gasteiger partial charge in [-0.05, 0) is 48.0 Å². The van der Waals surface area contributed by atoms with Gasteiger partial charge in [-0.2, -0.15) is 0 Å². The third-order valence-corrected chi connectivity index (χ3v) is 4.90. The lowest BCUT2D eigenvalue weighted by Gasteiger charge is -2.03. The van der Waals surface area contributed by atoms with Crippen LogP contribution in [0.2, 0.25) is 0 Å². The summed E-state index contributed by atoms with van der Waals surface area (Å²) in [4.78, 5) is 16.3. The zero-order chi connectivity index (χ0) is 19.1. The van der Waals surface area contributed by atoms with Crippen LogP contribution in [0.1, 0.15) is 15.9 Å². The lowest BCUT2D eigenvalue weighted by molar-refractivity contribution is 0.101. The van der Waals surface area contributed by atoms with Gasteiger partial charge in [-0.3, -0.25) is 4.79 Å². The van der Waals surface area contributed by atoms with Crippen LogP contribution in [0.3, 0.4) is 0 Å². The quantitative estimate of drug-likeness (QED) is 0.503. The van der Waals surface area contributed by atoms with E-state index in [-0.39, 0.29) is 5.78 Å². The molecule has 135 valence electrons. The third kappa shape index (κ3) is 2.58. The second kappa shape index (κ2) is 6.43. The first-order valence-electron chi connectivity index (χ1n) is 8.94. The predicted octanol–water partition coefficient (Wildman–Crippen LogP) is 5.26. The maximum atomic E-state index is 12.8. The normalized spacial score (nSPS) is 14.3. The average molecular weight is 366 g/mol. The molecule has 1 aliphatic rings. The summed E-state index contributed by atoms with van der Waals surface area (Å²) in [6.07, 6.45) is 1.81. The van der Waals surface area contributed by atoms with E-state index in [9.17, 15) is 4.79 Å². The highest BCUT2D eigenvalue weighted by atomic mass is 16.5. The van der Waals surface area contributed by atoms with Crippen LogP contribution in [-0.4, -0.2) is 17.9 Å². The summed E-state index contributed by atoms with van der Waals surface area (Å²) < 4.78 is 11.2. The monoisotopic (exact) mass is 366 g/mol. The van der Waals surface area contributed by atoms with Crippen molar-refractivity contribution in [3.05, 3.63) is 89.7 Å². The Hall–Kier alpha value is -3.79. The third-order valence-electron chi connectivity index (χ3n) is 4.90. The molecule has 0 saturated carbocycles. The van der Waals surface area contributed by atoms with Crippen molar-refractivity contribution in [1.29, 1.82) is 0 Å². The van der Waals surface area contributed by atoms with Crippen molar-refractivity contribution in [3.63, 3.8) is 0 Å². The van der Waals surface area contributed by atoms with Gasteiger partial charge in [0.25, 0.3) is 0 Å². The molecule has 0 fully saturated rings. The average Bonchev–Trinajstić information content (AvgIpc) is 3.26. The second-order valence-corrected chi connectivity index (χ2v) is 6.55. The van der Waals surface area contributed by atoms with E-state index in [4.69, 9.17) is 9.47 Å². The van der Waals surface area contributed by atoms with Crippen LogP contribution in [0, 0.1) is 6.07 Å². The van der Waals surface area contributed by atoms with Crippen LogP contribution in [0.15, 0.2) is 72.5 Å². The molecule has 4 nitrogen and oxygen atoms in total. The van der Waals surface area contributed by atoms with Crippen molar-refractivity contribution in [3.8, 4) is 22.8 Å². The standard InChI is InChI=1S/C24H16NO3/c1-27-16-11-12-20-18(13-16)19(23(25-20)15-7-3-2-4-8-15)14-22-24(26)17-9-5-6-10-21(17)28-22/h2-5,7-14,25H,1H3. The number of Topliss-reactive ketones (excluding diaryl/α,β-unsaturated/α-hetero) is 1. The van der Waals surface area contributed by atoms with E-state index in [0.717, 1.165) is 33.5 Å². The van der Waals surface area contributed by atoms with Gasteiger partial charge in [0.15, 0.2) is 5.76 Å². The molecule has 0 amide bonds. The number of rotatable bonds is 3. The van der Waals surface area contributed by atoms with Crippen LogP contribution < -0.4 is 9.47 Å². The molecule has 28 heavy (non-hydrogen) atoms. The molecule has 1 radical (unpaired) electrons. The number of ketones is 1. The first kappa shape index (κ1) is 16.4. The SMILES string of the molecule is COc1ccc2[nH]c(-c3ccccc3)c(C=C3Oc4c[c]ccc4C3=O)c2c1. The van der Waals surface area contributed by atoms with E-state index in [1.54, 1.807) is 25.3 Å². The molecule has 0 unspecified atom stereocenters. The number of allylic oxidation sites excluding steroid dienone is 1. The number of carbonyl (C=O) groups excluding carboxylic acids is 1. The highest BCUT2D eigenvalue weighted by Gasteiger charge is 2.27. The molecule has 4 aromatic rings. The minimum absolute atomic E-state index is 0.125. The van der Waals surface area contributed by atoms with Gasteiger partial charge in [0.2, 0.25) is 5.78 Å². The fourth-order valence-corrected chi connectivity index (χ4v) is 3.51. The molecule has 0 saturated heterocycles. The van der Waals surface area contributed by atoms with Gasteiger partial charge in [-0.15, -0.1) is 0 Å². The Bertz CT molecular complexity index is 1240. The Morgan fingerprint density at radius 2 is 1.96 bits per heavy atom. The van der Waals surface area contributed by atoms with Gasteiger partial charge in [0, 0.05) is 16.5 Å². The van der Waals surface area contributed by atoms with Crippen molar-refractivity contribution in [2.45, 2.75) is 0 Å². The molecule has 4 heteroatoms. The lowest BCUT2D eigenvalue weighted by atomic mass is 10.0. The molecule has 2 heterocycles. The Labute approximate surface area is 162 Å². The minimum Gasteiger partial charge on any atom is -0.497 e. The van der Waals surface area contributed by atoms with Gasteiger partial charge >= 0.3 is 0 Å². The number of methoxy groups -OCH3 is 1. The molecule has 1 aromatic heterocycles. The van der Waals surface area contributed by atoms with E-state index in [0.29, 0.717) is 17.1 Å².